The lowest BCUT2D eigenvalue weighted by Crippen LogP contribution is -2.36. The van der Waals surface area contributed by atoms with Crippen molar-refractivity contribution < 1.29 is 4.79 Å². The molecule has 1 unspecified atom stereocenters. The second-order valence-electron chi connectivity index (χ2n) is 11.5. The molecule has 0 amide bonds. The Bertz CT molecular complexity index is 1350. The molecule has 2 aromatic heterocycles. The molecular weight excluding hydrogens is 474 g/mol. The fourth-order valence-corrected chi connectivity index (χ4v) is 6.27. The van der Waals surface area contributed by atoms with Gasteiger partial charge in [0.25, 0.3) is 0 Å². The minimum Gasteiger partial charge on any atom is -0.341 e. The molecule has 0 spiro atoms. The van der Waals surface area contributed by atoms with Crippen LogP contribution in [0.2, 0.25) is 0 Å². The van der Waals surface area contributed by atoms with Gasteiger partial charge in [0.05, 0.1) is 11.6 Å². The van der Waals surface area contributed by atoms with E-state index in [1.54, 1.807) is 6.20 Å². The molecule has 1 aromatic carbocycles. The Morgan fingerprint density at radius 2 is 1.82 bits per heavy atom. The molecule has 0 saturated heterocycles. The zero-order valence-electron chi connectivity index (χ0n) is 22.0. The van der Waals surface area contributed by atoms with Crippen LogP contribution in [0.1, 0.15) is 79.7 Å². The Labute approximate surface area is 223 Å². The number of ketones is 1. The lowest BCUT2D eigenvalue weighted by atomic mass is 9.81. The third-order valence-electron chi connectivity index (χ3n) is 8.58. The van der Waals surface area contributed by atoms with Gasteiger partial charge in [-0.1, -0.05) is 6.07 Å². The van der Waals surface area contributed by atoms with E-state index in [0.717, 1.165) is 50.2 Å². The van der Waals surface area contributed by atoms with E-state index in [2.05, 4.69) is 50.6 Å². The summed E-state index contributed by atoms with van der Waals surface area (Å²) in [5, 5.41) is 19.9. The number of nitrogens with one attached hydrogen (secondary N) is 2. The van der Waals surface area contributed by atoms with Crippen LogP contribution in [0.25, 0.3) is 0 Å². The van der Waals surface area contributed by atoms with Crippen LogP contribution >= 0.6 is 0 Å². The van der Waals surface area contributed by atoms with Crippen molar-refractivity contribution in [2.24, 2.45) is 11.8 Å². The monoisotopic (exact) mass is 509 g/mol. The molecular formula is C30H35N7O. The highest BCUT2D eigenvalue weighted by atomic mass is 16.1. The summed E-state index contributed by atoms with van der Waals surface area (Å²) in [5.74, 6) is 4.13. The van der Waals surface area contributed by atoms with Gasteiger partial charge < -0.3 is 10.2 Å². The lowest BCUT2D eigenvalue weighted by molar-refractivity contribution is -0.121. The SMILES string of the molecule is CN(c1nccc(Nc2cc(C3CC3)[nH]n2)n1)C1CCC(CC(=O)CC2Cc3ccc(C#N)cc3C2)CC1. The van der Waals surface area contributed by atoms with E-state index >= 15 is 0 Å². The van der Waals surface area contributed by atoms with Crippen molar-refractivity contribution in [3.63, 3.8) is 0 Å². The molecule has 2 N–H and O–H groups in total. The highest BCUT2D eigenvalue weighted by Crippen LogP contribution is 2.40. The van der Waals surface area contributed by atoms with Gasteiger partial charge in [-0.3, -0.25) is 9.89 Å². The fraction of sp³-hybridized carbons (Fsp3) is 0.500. The number of aromatic nitrogens is 4. The number of hydrogen-bond acceptors (Lipinski definition) is 7. The smallest absolute Gasteiger partial charge is 0.227 e. The Morgan fingerprint density at radius 1 is 1.03 bits per heavy atom. The number of fused-ring (bicyclic) bond motifs is 1. The van der Waals surface area contributed by atoms with Crippen molar-refractivity contribution >= 4 is 23.4 Å². The van der Waals surface area contributed by atoms with Gasteiger partial charge in [-0.05, 0) is 92.5 Å². The van der Waals surface area contributed by atoms with E-state index in [1.807, 2.05) is 18.2 Å². The molecule has 3 aliphatic rings. The average molecular weight is 510 g/mol. The standard InChI is InChI=1S/C30H35N7O/c1-37(30-32-11-10-28(34-30)33-29-17-27(35-36-29)22-6-7-22)25-8-3-19(4-9-25)15-26(38)16-21-13-23-5-2-20(18-31)12-24(23)14-21/h2,5,10-12,17,19,21-22,25H,3-4,6-9,13-16H2,1H3,(H2,32,33,34,35,36). The van der Waals surface area contributed by atoms with Crippen molar-refractivity contribution in [3.8, 4) is 6.07 Å². The van der Waals surface area contributed by atoms with Crippen LogP contribution in [0.5, 0.6) is 0 Å². The van der Waals surface area contributed by atoms with Crippen LogP contribution in [0.15, 0.2) is 36.5 Å². The first-order chi connectivity index (χ1) is 18.5. The topological polar surface area (TPSA) is 111 Å². The van der Waals surface area contributed by atoms with E-state index in [9.17, 15) is 4.79 Å². The molecule has 0 aliphatic heterocycles. The van der Waals surface area contributed by atoms with Crippen molar-refractivity contribution in [3.05, 3.63) is 58.9 Å². The fourth-order valence-electron chi connectivity index (χ4n) is 6.27. The predicted molar refractivity (Wildman–Crippen MR) is 146 cm³/mol. The highest BCUT2D eigenvalue weighted by Gasteiger charge is 2.29. The van der Waals surface area contributed by atoms with Gasteiger partial charge in [0.1, 0.15) is 11.6 Å². The summed E-state index contributed by atoms with van der Waals surface area (Å²) >= 11 is 0. The molecule has 3 aliphatic carbocycles. The first kappa shape index (κ1) is 24.6. The van der Waals surface area contributed by atoms with Gasteiger partial charge in [0.15, 0.2) is 5.82 Å². The summed E-state index contributed by atoms with van der Waals surface area (Å²) in [6.45, 7) is 0. The first-order valence-corrected chi connectivity index (χ1v) is 14.0. The van der Waals surface area contributed by atoms with Crippen molar-refractivity contribution in [2.45, 2.75) is 76.2 Å². The zero-order chi connectivity index (χ0) is 26.1. The van der Waals surface area contributed by atoms with Crippen LogP contribution in [0, 0.1) is 23.2 Å². The maximum atomic E-state index is 12.9. The molecule has 2 heterocycles. The lowest BCUT2D eigenvalue weighted by Gasteiger charge is -2.34. The maximum Gasteiger partial charge on any atom is 0.227 e. The molecule has 2 saturated carbocycles. The quantitative estimate of drug-likeness (QED) is 0.394. The van der Waals surface area contributed by atoms with E-state index in [-0.39, 0.29) is 0 Å². The second kappa shape index (κ2) is 10.6. The summed E-state index contributed by atoms with van der Waals surface area (Å²) < 4.78 is 0. The summed E-state index contributed by atoms with van der Waals surface area (Å²) in [5.41, 5.74) is 4.46. The van der Waals surface area contributed by atoms with Crippen LogP contribution in [-0.4, -0.2) is 39.0 Å². The van der Waals surface area contributed by atoms with Crippen molar-refractivity contribution in [1.29, 1.82) is 5.26 Å². The summed E-state index contributed by atoms with van der Waals surface area (Å²) in [6.07, 6.45) is 11.7. The third-order valence-corrected chi connectivity index (χ3v) is 8.58. The summed E-state index contributed by atoms with van der Waals surface area (Å²) in [7, 11) is 2.07. The van der Waals surface area contributed by atoms with Crippen LogP contribution in [0.4, 0.5) is 17.6 Å². The molecule has 3 aromatic rings. The molecule has 8 heteroatoms. The second-order valence-corrected chi connectivity index (χ2v) is 11.5. The number of nitriles is 1. The summed E-state index contributed by atoms with van der Waals surface area (Å²) in [6, 6.07) is 12.5. The van der Waals surface area contributed by atoms with Gasteiger partial charge in [-0.15, -0.1) is 0 Å². The predicted octanol–water partition coefficient (Wildman–Crippen LogP) is 5.45. The molecule has 6 rings (SSSR count). The maximum absolute atomic E-state index is 12.9. The van der Waals surface area contributed by atoms with E-state index in [0.29, 0.717) is 53.9 Å². The number of H-pyrrole nitrogens is 1. The van der Waals surface area contributed by atoms with Gasteiger partial charge >= 0.3 is 0 Å². The Morgan fingerprint density at radius 3 is 2.61 bits per heavy atom. The summed E-state index contributed by atoms with van der Waals surface area (Å²) in [4.78, 5) is 24.4. The Kier molecular flexibility index (Phi) is 6.84. The van der Waals surface area contributed by atoms with Crippen molar-refractivity contribution in [2.75, 3.05) is 17.3 Å². The van der Waals surface area contributed by atoms with Gasteiger partial charge in [0, 0.05) is 49.8 Å². The van der Waals surface area contributed by atoms with Crippen molar-refractivity contribution in [1.82, 2.24) is 20.2 Å². The zero-order valence-corrected chi connectivity index (χ0v) is 22.0. The number of aromatic amines is 1. The van der Waals surface area contributed by atoms with Gasteiger partial charge in [-0.25, -0.2) is 4.98 Å². The van der Waals surface area contributed by atoms with Gasteiger partial charge in [-0.2, -0.15) is 15.3 Å². The van der Waals surface area contributed by atoms with Crippen LogP contribution < -0.4 is 10.2 Å². The minimum atomic E-state index is 0.377. The van der Waals surface area contributed by atoms with Gasteiger partial charge in [0.2, 0.25) is 5.95 Å². The number of anilines is 3. The molecule has 0 radical (unpaired) electrons. The molecule has 196 valence electrons. The number of hydrogen-bond donors (Lipinski definition) is 2. The Balaban J connectivity index is 0.970. The van der Waals surface area contributed by atoms with E-state index < -0.39 is 0 Å². The van der Waals surface area contributed by atoms with E-state index in [4.69, 9.17) is 10.2 Å². The average Bonchev–Trinajstić information content (AvgIpc) is 3.55. The molecule has 1 atom stereocenters. The third kappa shape index (κ3) is 5.57. The number of carbonyl (C=O) groups is 1. The normalized spacial score (nSPS) is 22.5. The largest absolute Gasteiger partial charge is 0.341 e. The number of benzene rings is 1. The number of rotatable bonds is 9. The van der Waals surface area contributed by atoms with E-state index in [1.165, 1.54) is 29.7 Å². The number of Topliss-reactive ketones (excluding diaryl/α,β-unsaturated/α-hetero) is 1. The Hall–Kier alpha value is -3.73. The van der Waals surface area contributed by atoms with Crippen LogP contribution in [0.3, 0.4) is 0 Å². The molecule has 8 nitrogen and oxygen atoms in total. The number of nitrogens with zero attached hydrogens (tertiary/aromatic N) is 5. The molecule has 0 bridgehead atoms. The number of carbonyl (C=O) groups excluding carboxylic acids is 1. The molecule has 2 fully saturated rings. The minimum absolute atomic E-state index is 0.377. The van der Waals surface area contributed by atoms with Crippen LogP contribution in [-0.2, 0) is 17.6 Å². The highest BCUT2D eigenvalue weighted by molar-refractivity contribution is 5.79. The molecule has 38 heavy (non-hydrogen) atoms. The first-order valence-electron chi connectivity index (χ1n) is 14.0.